The summed E-state index contributed by atoms with van der Waals surface area (Å²) in [6.07, 6.45) is -4.29. The van der Waals surface area contributed by atoms with E-state index in [1.54, 1.807) is 17.8 Å². The van der Waals surface area contributed by atoms with Crippen LogP contribution >= 0.6 is 11.8 Å². The first kappa shape index (κ1) is 13.2. The van der Waals surface area contributed by atoms with Crippen LogP contribution in [-0.2, 0) is 6.18 Å². The van der Waals surface area contributed by atoms with Crippen LogP contribution in [0.15, 0.2) is 24.3 Å². The summed E-state index contributed by atoms with van der Waals surface area (Å²) in [5, 5.41) is 2.81. The van der Waals surface area contributed by atoms with Crippen LogP contribution in [0.4, 0.5) is 18.9 Å². The minimum absolute atomic E-state index is 0.159. The summed E-state index contributed by atoms with van der Waals surface area (Å²) in [5.41, 5.74) is -0.441. The fourth-order valence-corrected chi connectivity index (χ4v) is 1.82. The second-order valence-corrected chi connectivity index (χ2v) is 4.56. The van der Waals surface area contributed by atoms with Crippen LogP contribution in [0.25, 0.3) is 0 Å². The molecule has 0 radical (unpaired) electrons. The van der Waals surface area contributed by atoms with Gasteiger partial charge in [-0.15, -0.1) is 0 Å². The molecular weight excluding hydrogens is 235 g/mol. The maximum Gasteiger partial charge on any atom is 0.418 e. The van der Waals surface area contributed by atoms with E-state index >= 15 is 0 Å². The molecule has 0 amide bonds. The van der Waals surface area contributed by atoms with Gasteiger partial charge < -0.3 is 5.32 Å². The van der Waals surface area contributed by atoms with Crippen molar-refractivity contribution < 1.29 is 13.2 Å². The summed E-state index contributed by atoms with van der Waals surface area (Å²) in [4.78, 5) is 0. The number of hydrogen-bond donors (Lipinski definition) is 1. The molecule has 0 unspecified atom stereocenters. The van der Waals surface area contributed by atoms with Crippen LogP contribution in [0, 0.1) is 0 Å². The predicted molar refractivity (Wildman–Crippen MR) is 62.9 cm³/mol. The normalized spacial score (nSPS) is 11.5. The fraction of sp³-hybridized carbons (Fsp3) is 0.455. The molecule has 1 rings (SSSR count). The van der Waals surface area contributed by atoms with Crippen LogP contribution in [0.2, 0.25) is 0 Å². The largest absolute Gasteiger partial charge is 0.418 e. The van der Waals surface area contributed by atoms with Gasteiger partial charge in [0.05, 0.1) is 5.56 Å². The van der Waals surface area contributed by atoms with Crippen molar-refractivity contribution in [2.24, 2.45) is 0 Å². The number of anilines is 1. The van der Waals surface area contributed by atoms with Crippen LogP contribution < -0.4 is 5.32 Å². The third-order valence-electron chi connectivity index (χ3n) is 2.00. The molecule has 1 N–H and O–H groups in total. The second-order valence-electron chi connectivity index (χ2n) is 3.17. The lowest BCUT2D eigenvalue weighted by Gasteiger charge is -2.13. The van der Waals surface area contributed by atoms with Gasteiger partial charge in [-0.05, 0) is 17.9 Å². The topological polar surface area (TPSA) is 12.0 Å². The summed E-state index contributed by atoms with van der Waals surface area (Å²) in [7, 11) is 0. The Balaban J connectivity index is 2.65. The van der Waals surface area contributed by atoms with Crippen LogP contribution in [-0.4, -0.2) is 18.1 Å². The van der Waals surface area contributed by atoms with E-state index in [1.807, 2.05) is 6.92 Å². The third kappa shape index (κ3) is 3.96. The monoisotopic (exact) mass is 249 g/mol. The summed E-state index contributed by atoms with van der Waals surface area (Å²) >= 11 is 1.70. The standard InChI is InChI=1S/C11H14F3NS/c1-2-16-8-7-15-10-6-4-3-5-9(10)11(12,13)14/h3-6,15H,2,7-8H2,1H3. The van der Waals surface area contributed by atoms with Crippen molar-refractivity contribution in [3.05, 3.63) is 29.8 Å². The molecule has 0 heterocycles. The SMILES string of the molecule is CCSCCNc1ccccc1C(F)(F)F. The molecule has 1 nitrogen and oxygen atoms in total. The van der Waals surface area contributed by atoms with Gasteiger partial charge in [-0.25, -0.2) is 0 Å². The molecule has 5 heteroatoms. The van der Waals surface area contributed by atoms with E-state index in [2.05, 4.69) is 5.32 Å². The number of benzene rings is 1. The third-order valence-corrected chi connectivity index (χ3v) is 2.90. The highest BCUT2D eigenvalue weighted by Gasteiger charge is 2.32. The zero-order valence-corrected chi connectivity index (χ0v) is 9.79. The smallest absolute Gasteiger partial charge is 0.384 e. The number of alkyl halides is 3. The lowest BCUT2D eigenvalue weighted by Crippen LogP contribution is -2.12. The van der Waals surface area contributed by atoms with E-state index in [9.17, 15) is 13.2 Å². The van der Waals surface area contributed by atoms with Crippen molar-refractivity contribution in [3.8, 4) is 0 Å². The molecule has 1 aromatic carbocycles. The first-order chi connectivity index (χ1) is 7.55. The summed E-state index contributed by atoms with van der Waals surface area (Å²) in [6.45, 7) is 2.57. The highest BCUT2D eigenvalue weighted by molar-refractivity contribution is 7.99. The number of rotatable bonds is 5. The summed E-state index contributed by atoms with van der Waals surface area (Å²) in [5.74, 6) is 1.78. The molecule has 0 saturated carbocycles. The first-order valence-corrected chi connectivity index (χ1v) is 6.19. The second kappa shape index (κ2) is 6.03. The fourth-order valence-electron chi connectivity index (χ4n) is 1.29. The van der Waals surface area contributed by atoms with Gasteiger partial charge >= 0.3 is 6.18 Å². The van der Waals surface area contributed by atoms with Gasteiger partial charge in [0.2, 0.25) is 0 Å². The molecule has 0 aliphatic carbocycles. The summed E-state index contributed by atoms with van der Waals surface area (Å²) in [6, 6.07) is 5.55. The molecule has 0 aromatic heterocycles. The Labute approximate surface area is 97.4 Å². The number of para-hydroxylation sites is 1. The van der Waals surface area contributed by atoms with E-state index in [4.69, 9.17) is 0 Å². The first-order valence-electron chi connectivity index (χ1n) is 5.03. The van der Waals surface area contributed by atoms with Crippen molar-refractivity contribution in [1.29, 1.82) is 0 Å². The van der Waals surface area contributed by atoms with Gasteiger partial charge in [0.1, 0.15) is 0 Å². The molecule has 0 fully saturated rings. The molecule has 0 bridgehead atoms. The lowest BCUT2D eigenvalue weighted by atomic mass is 10.1. The van der Waals surface area contributed by atoms with Crippen molar-refractivity contribution in [3.63, 3.8) is 0 Å². The molecule has 90 valence electrons. The van der Waals surface area contributed by atoms with E-state index in [0.29, 0.717) is 6.54 Å². The highest BCUT2D eigenvalue weighted by Crippen LogP contribution is 2.34. The quantitative estimate of drug-likeness (QED) is 0.795. The number of thioether (sulfide) groups is 1. The van der Waals surface area contributed by atoms with Gasteiger partial charge in [0.15, 0.2) is 0 Å². The Bertz CT molecular complexity index is 325. The van der Waals surface area contributed by atoms with Crippen LogP contribution in [0.5, 0.6) is 0 Å². The zero-order valence-electron chi connectivity index (χ0n) is 8.97. The maximum absolute atomic E-state index is 12.6. The molecule has 0 aliphatic heterocycles. The summed E-state index contributed by atoms with van der Waals surface area (Å²) < 4.78 is 37.7. The average Bonchev–Trinajstić information content (AvgIpc) is 2.24. The van der Waals surface area contributed by atoms with Gasteiger partial charge in [0, 0.05) is 18.0 Å². The van der Waals surface area contributed by atoms with Crippen LogP contribution in [0.3, 0.4) is 0 Å². The predicted octanol–water partition coefficient (Wildman–Crippen LogP) is 3.87. The van der Waals surface area contributed by atoms with E-state index in [1.165, 1.54) is 12.1 Å². The molecular formula is C11H14F3NS. The molecule has 0 spiro atoms. The minimum atomic E-state index is -4.29. The lowest BCUT2D eigenvalue weighted by molar-refractivity contribution is -0.136. The Hall–Kier alpha value is -0.840. The Morgan fingerprint density at radius 1 is 1.25 bits per heavy atom. The number of halogens is 3. The number of hydrogen-bond acceptors (Lipinski definition) is 2. The number of nitrogens with one attached hydrogen (secondary N) is 1. The average molecular weight is 249 g/mol. The maximum atomic E-state index is 12.6. The Morgan fingerprint density at radius 3 is 2.56 bits per heavy atom. The van der Waals surface area contributed by atoms with Gasteiger partial charge in [-0.2, -0.15) is 24.9 Å². The van der Waals surface area contributed by atoms with Gasteiger partial charge in [-0.3, -0.25) is 0 Å². The van der Waals surface area contributed by atoms with Crippen molar-refractivity contribution >= 4 is 17.4 Å². The van der Waals surface area contributed by atoms with Crippen LogP contribution in [0.1, 0.15) is 12.5 Å². The molecule has 0 atom stereocenters. The van der Waals surface area contributed by atoms with E-state index in [0.717, 1.165) is 17.6 Å². The van der Waals surface area contributed by atoms with Crippen molar-refractivity contribution in [2.45, 2.75) is 13.1 Å². The Kier molecular flexibility index (Phi) is 4.99. The molecule has 16 heavy (non-hydrogen) atoms. The molecule has 0 aliphatic rings. The minimum Gasteiger partial charge on any atom is -0.384 e. The van der Waals surface area contributed by atoms with E-state index in [-0.39, 0.29) is 5.69 Å². The van der Waals surface area contributed by atoms with Crippen molar-refractivity contribution in [2.75, 3.05) is 23.4 Å². The van der Waals surface area contributed by atoms with Gasteiger partial charge in [-0.1, -0.05) is 19.1 Å². The van der Waals surface area contributed by atoms with Gasteiger partial charge in [0.25, 0.3) is 0 Å². The molecule has 1 aromatic rings. The Morgan fingerprint density at radius 2 is 1.94 bits per heavy atom. The van der Waals surface area contributed by atoms with Crippen molar-refractivity contribution in [1.82, 2.24) is 0 Å². The van der Waals surface area contributed by atoms with E-state index < -0.39 is 11.7 Å². The highest BCUT2D eigenvalue weighted by atomic mass is 32.2. The zero-order chi connectivity index (χ0) is 12.0. The molecule has 0 saturated heterocycles.